The number of aromatic nitrogens is 2. The van der Waals surface area contributed by atoms with Crippen molar-refractivity contribution in [2.24, 2.45) is 0 Å². The maximum absolute atomic E-state index is 12.9. The Morgan fingerprint density at radius 3 is 2.80 bits per heavy atom. The number of hydrogen-bond acceptors (Lipinski definition) is 4. The monoisotopic (exact) mass is 275 g/mol. The van der Waals surface area contributed by atoms with Gasteiger partial charge in [0.2, 0.25) is 11.7 Å². The van der Waals surface area contributed by atoms with Crippen molar-refractivity contribution in [3.05, 3.63) is 36.0 Å². The first kappa shape index (κ1) is 13.2. The topological polar surface area (TPSA) is 51.0 Å². The molecule has 1 aliphatic rings. The summed E-state index contributed by atoms with van der Waals surface area (Å²) in [6.45, 7) is 4.06. The molecule has 106 valence electrons. The van der Waals surface area contributed by atoms with Crippen LogP contribution in [0, 0.1) is 5.82 Å². The third-order valence-electron chi connectivity index (χ3n) is 4.13. The molecule has 1 fully saturated rings. The zero-order valence-electron chi connectivity index (χ0n) is 11.5. The first-order chi connectivity index (χ1) is 9.73. The van der Waals surface area contributed by atoms with Crippen LogP contribution in [0.2, 0.25) is 0 Å². The number of nitrogens with zero attached hydrogens (tertiary/aromatic N) is 2. The summed E-state index contributed by atoms with van der Waals surface area (Å²) in [5, 5.41) is 7.45. The summed E-state index contributed by atoms with van der Waals surface area (Å²) in [4.78, 5) is 4.54. The SMILES string of the molecule is CCC1(c2nc(-c3ccc(F)cc3)no2)CCCNC1. The van der Waals surface area contributed by atoms with Gasteiger partial charge < -0.3 is 9.84 Å². The molecular weight excluding hydrogens is 257 g/mol. The average molecular weight is 275 g/mol. The Labute approximate surface area is 117 Å². The van der Waals surface area contributed by atoms with Crippen LogP contribution in [0.4, 0.5) is 4.39 Å². The highest BCUT2D eigenvalue weighted by Crippen LogP contribution is 2.34. The minimum absolute atomic E-state index is 0.0659. The maximum atomic E-state index is 12.9. The van der Waals surface area contributed by atoms with Crippen molar-refractivity contribution in [1.29, 1.82) is 0 Å². The summed E-state index contributed by atoms with van der Waals surface area (Å²) in [6, 6.07) is 6.15. The van der Waals surface area contributed by atoms with Crippen LogP contribution in [0.3, 0.4) is 0 Å². The predicted octanol–water partition coefficient (Wildman–Crippen LogP) is 2.91. The Hall–Kier alpha value is -1.75. The van der Waals surface area contributed by atoms with Gasteiger partial charge in [0, 0.05) is 12.1 Å². The summed E-state index contributed by atoms with van der Waals surface area (Å²) in [5.74, 6) is 0.948. The van der Waals surface area contributed by atoms with Crippen LogP contribution in [-0.2, 0) is 5.41 Å². The molecule has 1 aliphatic heterocycles. The Morgan fingerprint density at radius 1 is 1.35 bits per heavy atom. The summed E-state index contributed by atoms with van der Waals surface area (Å²) in [5.41, 5.74) is 0.709. The Bertz CT molecular complexity index is 573. The molecule has 1 atom stereocenters. The molecule has 4 nitrogen and oxygen atoms in total. The molecule has 0 radical (unpaired) electrons. The molecule has 1 N–H and O–H groups in total. The van der Waals surface area contributed by atoms with E-state index in [9.17, 15) is 4.39 Å². The number of benzene rings is 1. The number of halogens is 1. The van der Waals surface area contributed by atoms with E-state index in [-0.39, 0.29) is 11.2 Å². The second kappa shape index (κ2) is 5.32. The first-order valence-electron chi connectivity index (χ1n) is 7.04. The smallest absolute Gasteiger partial charge is 0.234 e. The molecule has 0 spiro atoms. The van der Waals surface area contributed by atoms with E-state index >= 15 is 0 Å². The van der Waals surface area contributed by atoms with E-state index in [0.29, 0.717) is 11.7 Å². The van der Waals surface area contributed by atoms with Gasteiger partial charge in [0.15, 0.2) is 0 Å². The van der Waals surface area contributed by atoms with Crippen molar-refractivity contribution in [3.63, 3.8) is 0 Å². The number of hydrogen-bond donors (Lipinski definition) is 1. The molecule has 5 heteroatoms. The fourth-order valence-electron chi connectivity index (χ4n) is 2.76. The van der Waals surface area contributed by atoms with Crippen LogP contribution >= 0.6 is 0 Å². The van der Waals surface area contributed by atoms with Crippen LogP contribution in [0.1, 0.15) is 32.1 Å². The van der Waals surface area contributed by atoms with E-state index in [1.165, 1.54) is 12.1 Å². The third kappa shape index (κ3) is 2.33. The molecule has 1 aromatic carbocycles. The summed E-state index contributed by atoms with van der Waals surface area (Å²) in [6.07, 6.45) is 3.13. The molecule has 20 heavy (non-hydrogen) atoms. The second-order valence-corrected chi connectivity index (χ2v) is 5.34. The van der Waals surface area contributed by atoms with Crippen LogP contribution in [0.5, 0.6) is 0 Å². The zero-order valence-corrected chi connectivity index (χ0v) is 11.5. The minimum atomic E-state index is -0.265. The molecule has 0 amide bonds. The highest BCUT2D eigenvalue weighted by Gasteiger charge is 2.37. The highest BCUT2D eigenvalue weighted by atomic mass is 19.1. The van der Waals surface area contributed by atoms with Gasteiger partial charge in [-0.2, -0.15) is 4.98 Å². The van der Waals surface area contributed by atoms with Gasteiger partial charge in [-0.1, -0.05) is 12.1 Å². The van der Waals surface area contributed by atoms with E-state index in [1.54, 1.807) is 12.1 Å². The third-order valence-corrected chi connectivity index (χ3v) is 4.13. The van der Waals surface area contributed by atoms with Gasteiger partial charge >= 0.3 is 0 Å². The summed E-state index contributed by atoms with van der Waals surface area (Å²) >= 11 is 0. The van der Waals surface area contributed by atoms with Crippen LogP contribution in [0.25, 0.3) is 11.4 Å². The molecule has 0 saturated carbocycles. The van der Waals surface area contributed by atoms with Gasteiger partial charge in [0.25, 0.3) is 0 Å². The van der Waals surface area contributed by atoms with Crippen molar-refractivity contribution < 1.29 is 8.91 Å². The molecule has 0 bridgehead atoms. The lowest BCUT2D eigenvalue weighted by Crippen LogP contribution is -2.43. The van der Waals surface area contributed by atoms with E-state index < -0.39 is 0 Å². The van der Waals surface area contributed by atoms with Crippen LogP contribution in [-0.4, -0.2) is 23.2 Å². The van der Waals surface area contributed by atoms with E-state index in [4.69, 9.17) is 4.52 Å². The lowest BCUT2D eigenvalue weighted by atomic mass is 9.78. The lowest BCUT2D eigenvalue weighted by molar-refractivity contribution is 0.221. The number of piperidine rings is 1. The summed E-state index contributed by atoms with van der Waals surface area (Å²) in [7, 11) is 0. The van der Waals surface area contributed by atoms with Crippen molar-refractivity contribution in [1.82, 2.24) is 15.5 Å². The van der Waals surface area contributed by atoms with Gasteiger partial charge in [0.1, 0.15) is 5.82 Å². The molecule has 3 rings (SSSR count). The van der Waals surface area contributed by atoms with Gasteiger partial charge in [-0.15, -0.1) is 0 Å². The normalized spacial score (nSPS) is 22.9. The average Bonchev–Trinajstić information content (AvgIpc) is 2.99. The highest BCUT2D eigenvalue weighted by molar-refractivity contribution is 5.53. The molecular formula is C15H18FN3O. The molecule has 1 unspecified atom stereocenters. The molecule has 1 aromatic heterocycles. The molecule has 2 heterocycles. The Balaban J connectivity index is 1.91. The van der Waals surface area contributed by atoms with Gasteiger partial charge in [0.05, 0.1) is 5.41 Å². The molecule has 1 saturated heterocycles. The number of nitrogens with one attached hydrogen (secondary N) is 1. The minimum Gasteiger partial charge on any atom is -0.338 e. The van der Waals surface area contributed by atoms with Gasteiger partial charge in [-0.3, -0.25) is 0 Å². The zero-order chi connectivity index (χ0) is 14.0. The maximum Gasteiger partial charge on any atom is 0.234 e. The van der Waals surface area contributed by atoms with Crippen molar-refractivity contribution >= 4 is 0 Å². The van der Waals surface area contributed by atoms with E-state index in [0.717, 1.165) is 37.9 Å². The number of rotatable bonds is 3. The quantitative estimate of drug-likeness (QED) is 0.935. The van der Waals surface area contributed by atoms with Crippen LogP contribution in [0.15, 0.2) is 28.8 Å². The van der Waals surface area contributed by atoms with Crippen LogP contribution < -0.4 is 5.32 Å². The standard InChI is InChI=1S/C15H18FN3O/c1-2-15(8-3-9-17-10-15)14-18-13(19-20-14)11-4-6-12(16)7-5-11/h4-7,17H,2-3,8-10H2,1H3. The predicted molar refractivity (Wildman–Crippen MR) is 73.8 cm³/mol. The first-order valence-corrected chi connectivity index (χ1v) is 7.04. The second-order valence-electron chi connectivity index (χ2n) is 5.34. The van der Waals surface area contributed by atoms with Gasteiger partial charge in [-0.05, 0) is 50.1 Å². The van der Waals surface area contributed by atoms with Crippen molar-refractivity contribution in [2.45, 2.75) is 31.6 Å². The fraction of sp³-hybridized carbons (Fsp3) is 0.467. The molecule has 2 aromatic rings. The van der Waals surface area contributed by atoms with Gasteiger partial charge in [-0.25, -0.2) is 4.39 Å². The summed E-state index contributed by atoms with van der Waals surface area (Å²) < 4.78 is 18.4. The fourth-order valence-corrected chi connectivity index (χ4v) is 2.76. The molecule has 0 aliphatic carbocycles. The Morgan fingerprint density at radius 2 is 2.15 bits per heavy atom. The Kier molecular flexibility index (Phi) is 3.53. The van der Waals surface area contributed by atoms with E-state index in [2.05, 4.69) is 22.4 Å². The van der Waals surface area contributed by atoms with Crippen molar-refractivity contribution in [2.75, 3.05) is 13.1 Å². The lowest BCUT2D eigenvalue weighted by Gasteiger charge is -2.33. The largest absolute Gasteiger partial charge is 0.338 e. The van der Waals surface area contributed by atoms with Crippen molar-refractivity contribution in [3.8, 4) is 11.4 Å². The van der Waals surface area contributed by atoms with E-state index in [1.807, 2.05) is 0 Å².